The van der Waals surface area contributed by atoms with Gasteiger partial charge in [0.25, 0.3) is 0 Å². The predicted molar refractivity (Wildman–Crippen MR) is 80.8 cm³/mol. The number of benzene rings is 2. The van der Waals surface area contributed by atoms with E-state index in [0.29, 0.717) is 6.61 Å². The van der Waals surface area contributed by atoms with Crippen molar-refractivity contribution in [2.75, 3.05) is 6.61 Å². The summed E-state index contributed by atoms with van der Waals surface area (Å²) >= 11 is 0. The van der Waals surface area contributed by atoms with E-state index in [9.17, 15) is 0 Å². The number of hydrogen-bond donors (Lipinski definition) is 0. The van der Waals surface area contributed by atoms with Crippen LogP contribution in [0.4, 0.5) is 5.69 Å². The molecule has 0 aliphatic rings. The van der Waals surface area contributed by atoms with Crippen molar-refractivity contribution in [3.63, 3.8) is 0 Å². The standard InChI is InChI=1S/C17H19NO/c1-4-19-16-9-6-8-15(11-16)12-18-17-10-5-7-13(2)14(17)3/h5-12H,4H2,1-3H3. The van der Waals surface area contributed by atoms with E-state index < -0.39 is 0 Å². The lowest BCUT2D eigenvalue weighted by Crippen LogP contribution is -1.92. The second kappa shape index (κ2) is 6.19. The maximum absolute atomic E-state index is 5.48. The van der Waals surface area contributed by atoms with E-state index in [4.69, 9.17) is 4.74 Å². The summed E-state index contributed by atoms with van der Waals surface area (Å²) < 4.78 is 5.48. The highest BCUT2D eigenvalue weighted by atomic mass is 16.5. The van der Waals surface area contributed by atoms with Crippen molar-refractivity contribution >= 4 is 11.9 Å². The Labute approximate surface area is 114 Å². The first kappa shape index (κ1) is 13.3. The SMILES string of the molecule is CCOc1cccc(C=Nc2cccc(C)c2C)c1. The Kier molecular flexibility index (Phi) is 4.35. The molecule has 0 aromatic heterocycles. The van der Waals surface area contributed by atoms with E-state index in [1.807, 2.05) is 49.5 Å². The number of ether oxygens (including phenoxy) is 1. The fourth-order valence-corrected chi connectivity index (χ4v) is 1.87. The van der Waals surface area contributed by atoms with Gasteiger partial charge in [-0.1, -0.05) is 24.3 Å². The molecule has 2 aromatic carbocycles. The van der Waals surface area contributed by atoms with Crippen LogP contribution in [0.1, 0.15) is 23.6 Å². The van der Waals surface area contributed by atoms with Gasteiger partial charge in [-0.05, 0) is 55.7 Å². The molecule has 2 heteroatoms. The molecule has 0 heterocycles. The van der Waals surface area contributed by atoms with E-state index in [1.165, 1.54) is 11.1 Å². The highest BCUT2D eigenvalue weighted by molar-refractivity contribution is 5.82. The summed E-state index contributed by atoms with van der Waals surface area (Å²) in [5.41, 5.74) is 4.55. The van der Waals surface area contributed by atoms with Crippen LogP contribution < -0.4 is 4.74 Å². The van der Waals surface area contributed by atoms with Gasteiger partial charge in [0.2, 0.25) is 0 Å². The van der Waals surface area contributed by atoms with E-state index in [-0.39, 0.29) is 0 Å². The second-order valence-electron chi connectivity index (χ2n) is 4.48. The van der Waals surface area contributed by atoms with Crippen LogP contribution >= 0.6 is 0 Å². The summed E-state index contributed by atoms with van der Waals surface area (Å²) in [5, 5.41) is 0. The summed E-state index contributed by atoms with van der Waals surface area (Å²) in [5.74, 6) is 0.882. The molecule has 0 aliphatic heterocycles. The van der Waals surface area contributed by atoms with Crippen LogP contribution in [0.3, 0.4) is 0 Å². The first-order valence-electron chi connectivity index (χ1n) is 6.54. The Morgan fingerprint density at radius 2 is 1.89 bits per heavy atom. The molecule has 0 saturated heterocycles. The highest BCUT2D eigenvalue weighted by Gasteiger charge is 1.98. The lowest BCUT2D eigenvalue weighted by atomic mass is 10.1. The molecule has 0 radical (unpaired) electrons. The summed E-state index contributed by atoms with van der Waals surface area (Å²) in [6.45, 7) is 6.86. The number of aliphatic imine (C=N–C) groups is 1. The van der Waals surface area contributed by atoms with Gasteiger partial charge in [-0.3, -0.25) is 4.99 Å². The van der Waals surface area contributed by atoms with Crippen molar-refractivity contribution in [3.05, 3.63) is 59.2 Å². The minimum atomic E-state index is 0.678. The Morgan fingerprint density at radius 3 is 2.68 bits per heavy atom. The van der Waals surface area contributed by atoms with Crippen LogP contribution in [-0.2, 0) is 0 Å². The molecule has 0 fully saturated rings. The van der Waals surface area contributed by atoms with E-state index in [1.54, 1.807) is 0 Å². The van der Waals surface area contributed by atoms with E-state index >= 15 is 0 Å². The molecule has 98 valence electrons. The van der Waals surface area contributed by atoms with Crippen molar-refractivity contribution in [2.45, 2.75) is 20.8 Å². The van der Waals surface area contributed by atoms with Crippen LogP contribution in [0.25, 0.3) is 0 Å². The molecule has 0 atom stereocenters. The first-order chi connectivity index (χ1) is 9.20. The van der Waals surface area contributed by atoms with Crippen molar-refractivity contribution in [3.8, 4) is 5.75 Å². The largest absolute Gasteiger partial charge is 0.494 e. The Balaban J connectivity index is 2.22. The fraction of sp³-hybridized carbons (Fsp3) is 0.235. The van der Waals surface area contributed by atoms with Crippen LogP contribution in [0.2, 0.25) is 0 Å². The smallest absolute Gasteiger partial charge is 0.119 e. The summed E-state index contributed by atoms with van der Waals surface area (Å²) in [6, 6.07) is 14.1. The zero-order valence-corrected chi connectivity index (χ0v) is 11.7. The molecule has 0 aliphatic carbocycles. The first-order valence-corrected chi connectivity index (χ1v) is 6.54. The third kappa shape index (κ3) is 3.44. The quantitative estimate of drug-likeness (QED) is 0.737. The topological polar surface area (TPSA) is 21.6 Å². The fourth-order valence-electron chi connectivity index (χ4n) is 1.87. The van der Waals surface area contributed by atoms with Crippen molar-refractivity contribution in [2.24, 2.45) is 4.99 Å². The second-order valence-corrected chi connectivity index (χ2v) is 4.48. The van der Waals surface area contributed by atoms with Crippen molar-refractivity contribution in [1.82, 2.24) is 0 Å². The normalized spacial score (nSPS) is 10.9. The molecule has 0 bridgehead atoms. The lowest BCUT2D eigenvalue weighted by Gasteiger charge is -2.04. The third-order valence-electron chi connectivity index (χ3n) is 3.10. The van der Waals surface area contributed by atoms with Crippen LogP contribution in [0.5, 0.6) is 5.75 Å². The van der Waals surface area contributed by atoms with E-state index in [0.717, 1.165) is 17.0 Å². The Hall–Kier alpha value is -2.09. The summed E-state index contributed by atoms with van der Waals surface area (Å²) in [4.78, 5) is 4.56. The lowest BCUT2D eigenvalue weighted by molar-refractivity contribution is 0.340. The molecule has 0 amide bonds. The summed E-state index contributed by atoms with van der Waals surface area (Å²) in [7, 11) is 0. The molecule has 0 spiro atoms. The van der Waals surface area contributed by atoms with Gasteiger partial charge in [-0.15, -0.1) is 0 Å². The maximum atomic E-state index is 5.48. The molecule has 0 unspecified atom stereocenters. The third-order valence-corrected chi connectivity index (χ3v) is 3.10. The molecule has 0 N–H and O–H groups in total. The minimum Gasteiger partial charge on any atom is -0.494 e. The number of nitrogens with zero attached hydrogens (tertiary/aromatic N) is 1. The average molecular weight is 253 g/mol. The number of rotatable bonds is 4. The minimum absolute atomic E-state index is 0.678. The van der Waals surface area contributed by atoms with Gasteiger partial charge in [0, 0.05) is 6.21 Å². The van der Waals surface area contributed by atoms with Crippen molar-refractivity contribution in [1.29, 1.82) is 0 Å². The van der Waals surface area contributed by atoms with Gasteiger partial charge in [-0.2, -0.15) is 0 Å². The highest BCUT2D eigenvalue weighted by Crippen LogP contribution is 2.21. The van der Waals surface area contributed by atoms with E-state index in [2.05, 4.69) is 24.9 Å². The van der Waals surface area contributed by atoms with Crippen LogP contribution in [-0.4, -0.2) is 12.8 Å². The Bertz CT molecular complexity index is 588. The number of hydrogen-bond acceptors (Lipinski definition) is 2. The predicted octanol–water partition coefficient (Wildman–Crippen LogP) is 4.45. The maximum Gasteiger partial charge on any atom is 0.119 e. The monoisotopic (exact) mass is 253 g/mol. The van der Waals surface area contributed by atoms with Gasteiger partial charge in [0.1, 0.15) is 5.75 Å². The van der Waals surface area contributed by atoms with Crippen LogP contribution in [0.15, 0.2) is 47.5 Å². The van der Waals surface area contributed by atoms with Gasteiger partial charge >= 0.3 is 0 Å². The molecule has 2 rings (SSSR count). The molecule has 2 aromatic rings. The zero-order valence-electron chi connectivity index (χ0n) is 11.7. The summed E-state index contributed by atoms with van der Waals surface area (Å²) in [6.07, 6.45) is 1.88. The zero-order chi connectivity index (χ0) is 13.7. The molecular weight excluding hydrogens is 234 g/mol. The van der Waals surface area contributed by atoms with Gasteiger partial charge in [-0.25, -0.2) is 0 Å². The van der Waals surface area contributed by atoms with Crippen molar-refractivity contribution < 1.29 is 4.74 Å². The average Bonchev–Trinajstić information content (AvgIpc) is 2.41. The van der Waals surface area contributed by atoms with Gasteiger partial charge in [0.05, 0.1) is 12.3 Å². The molecule has 2 nitrogen and oxygen atoms in total. The molecular formula is C17H19NO. The van der Waals surface area contributed by atoms with Gasteiger partial charge < -0.3 is 4.74 Å². The number of aryl methyl sites for hydroxylation is 1. The van der Waals surface area contributed by atoms with Crippen LogP contribution in [0, 0.1) is 13.8 Å². The Morgan fingerprint density at radius 1 is 1.11 bits per heavy atom. The van der Waals surface area contributed by atoms with Gasteiger partial charge in [0.15, 0.2) is 0 Å². The molecule has 0 saturated carbocycles. The molecule has 19 heavy (non-hydrogen) atoms.